The standard InChI is InChI=1S/C21H31NO4S/c1-9-14-22(27(24,25)18-12-10-16(4)11-13-18)19(15(2)3)17(5)20(23)26-21(6,7)8/h9-13,15,19H,1,5,14H2,2-4,6-8H3/t19-/m0/s1. The number of esters is 1. The first-order chi connectivity index (χ1) is 12.3. The number of hydrogen-bond acceptors (Lipinski definition) is 4. The van der Waals surface area contributed by atoms with Crippen LogP contribution in [0.5, 0.6) is 0 Å². The van der Waals surface area contributed by atoms with Gasteiger partial charge in [0, 0.05) is 12.1 Å². The molecule has 5 nitrogen and oxygen atoms in total. The van der Waals surface area contributed by atoms with Crippen LogP contribution in [0.1, 0.15) is 40.2 Å². The Morgan fingerprint density at radius 2 is 1.74 bits per heavy atom. The molecule has 0 fully saturated rings. The van der Waals surface area contributed by atoms with Crippen LogP contribution < -0.4 is 0 Å². The maximum atomic E-state index is 13.3. The van der Waals surface area contributed by atoms with Crippen molar-refractivity contribution in [1.82, 2.24) is 4.31 Å². The van der Waals surface area contributed by atoms with Gasteiger partial charge in [-0.05, 0) is 45.7 Å². The van der Waals surface area contributed by atoms with Gasteiger partial charge in [0.2, 0.25) is 10.0 Å². The van der Waals surface area contributed by atoms with Crippen molar-refractivity contribution in [2.45, 2.75) is 58.1 Å². The molecule has 0 bridgehead atoms. The Bertz CT molecular complexity index is 786. The third-order valence-corrected chi connectivity index (χ3v) is 5.76. The molecule has 0 unspecified atom stereocenters. The molecule has 0 amide bonds. The molecular weight excluding hydrogens is 362 g/mol. The lowest BCUT2D eigenvalue weighted by Crippen LogP contribution is -2.46. The Kier molecular flexibility index (Phi) is 7.57. The highest BCUT2D eigenvalue weighted by molar-refractivity contribution is 7.89. The fourth-order valence-electron chi connectivity index (χ4n) is 2.71. The molecule has 0 aromatic heterocycles. The number of nitrogens with zero attached hydrogens (tertiary/aromatic N) is 1. The van der Waals surface area contributed by atoms with E-state index in [1.165, 1.54) is 10.4 Å². The normalized spacial score (nSPS) is 13.5. The van der Waals surface area contributed by atoms with Crippen LogP contribution in [0.15, 0.2) is 54.0 Å². The summed E-state index contributed by atoms with van der Waals surface area (Å²) in [5, 5.41) is 0. The number of hydrogen-bond donors (Lipinski definition) is 0. The predicted octanol–water partition coefficient (Wildman–Crippen LogP) is 4.09. The minimum Gasteiger partial charge on any atom is -0.457 e. The van der Waals surface area contributed by atoms with Gasteiger partial charge in [0.1, 0.15) is 5.60 Å². The Labute approximate surface area is 163 Å². The van der Waals surface area contributed by atoms with E-state index in [0.29, 0.717) is 0 Å². The predicted molar refractivity (Wildman–Crippen MR) is 109 cm³/mol. The minimum atomic E-state index is -3.85. The summed E-state index contributed by atoms with van der Waals surface area (Å²) in [4.78, 5) is 12.7. The zero-order valence-corrected chi connectivity index (χ0v) is 18.0. The molecule has 0 N–H and O–H groups in total. The number of carbonyl (C=O) groups excluding carboxylic acids is 1. The smallest absolute Gasteiger partial charge is 0.335 e. The average Bonchev–Trinajstić information content (AvgIpc) is 2.52. The van der Waals surface area contributed by atoms with Crippen LogP contribution >= 0.6 is 0 Å². The molecule has 0 heterocycles. The number of rotatable bonds is 8. The van der Waals surface area contributed by atoms with Gasteiger partial charge in [-0.1, -0.05) is 44.2 Å². The largest absolute Gasteiger partial charge is 0.457 e. The van der Waals surface area contributed by atoms with Crippen LogP contribution in [0.25, 0.3) is 0 Å². The van der Waals surface area contributed by atoms with Crippen molar-refractivity contribution in [3.8, 4) is 0 Å². The Balaban J connectivity index is 3.37. The van der Waals surface area contributed by atoms with Gasteiger partial charge in [0.05, 0.1) is 10.9 Å². The van der Waals surface area contributed by atoms with E-state index in [2.05, 4.69) is 13.2 Å². The lowest BCUT2D eigenvalue weighted by Gasteiger charge is -2.34. The molecule has 1 rings (SSSR count). The van der Waals surface area contributed by atoms with Crippen molar-refractivity contribution in [2.24, 2.45) is 5.92 Å². The van der Waals surface area contributed by atoms with Gasteiger partial charge in [-0.3, -0.25) is 0 Å². The second kappa shape index (κ2) is 8.85. The summed E-state index contributed by atoms with van der Waals surface area (Å²) in [5.74, 6) is -0.792. The molecule has 1 aromatic rings. The monoisotopic (exact) mass is 393 g/mol. The fraction of sp³-hybridized carbons (Fsp3) is 0.476. The van der Waals surface area contributed by atoms with Crippen LogP contribution in [0.2, 0.25) is 0 Å². The van der Waals surface area contributed by atoms with Crippen LogP contribution in [0.4, 0.5) is 0 Å². The first-order valence-electron chi connectivity index (χ1n) is 8.92. The van der Waals surface area contributed by atoms with Crippen molar-refractivity contribution < 1.29 is 17.9 Å². The molecule has 0 saturated carbocycles. The summed E-state index contributed by atoms with van der Waals surface area (Å²) in [6.45, 7) is 18.5. The third kappa shape index (κ3) is 6.04. The molecular formula is C21H31NO4S. The second-order valence-electron chi connectivity index (χ2n) is 7.89. The molecule has 0 radical (unpaired) electrons. The Morgan fingerprint density at radius 1 is 1.22 bits per heavy atom. The van der Waals surface area contributed by atoms with Gasteiger partial charge >= 0.3 is 5.97 Å². The third-order valence-electron chi connectivity index (χ3n) is 3.90. The Morgan fingerprint density at radius 3 is 2.15 bits per heavy atom. The number of carbonyl (C=O) groups is 1. The van der Waals surface area contributed by atoms with E-state index in [4.69, 9.17) is 4.74 Å². The summed E-state index contributed by atoms with van der Waals surface area (Å²) in [6.07, 6.45) is 1.50. The van der Waals surface area contributed by atoms with Gasteiger partial charge in [-0.2, -0.15) is 4.31 Å². The molecule has 1 atom stereocenters. The molecule has 0 aliphatic rings. The molecule has 1 aromatic carbocycles. The molecule has 6 heteroatoms. The van der Waals surface area contributed by atoms with Gasteiger partial charge in [0.15, 0.2) is 0 Å². The van der Waals surface area contributed by atoms with Gasteiger partial charge in [-0.15, -0.1) is 6.58 Å². The maximum Gasteiger partial charge on any atom is 0.335 e. The van der Waals surface area contributed by atoms with E-state index in [-0.39, 0.29) is 22.9 Å². The highest BCUT2D eigenvalue weighted by Crippen LogP contribution is 2.27. The number of sulfonamides is 1. The number of benzene rings is 1. The first-order valence-corrected chi connectivity index (χ1v) is 10.4. The lowest BCUT2D eigenvalue weighted by atomic mass is 9.96. The van der Waals surface area contributed by atoms with Gasteiger partial charge < -0.3 is 4.74 Å². The molecule has 0 aliphatic heterocycles. The van der Waals surface area contributed by atoms with Crippen molar-refractivity contribution >= 4 is 16.0 Å². The molecule has 0 aliphatic carbocycles. The van der Waals surface area contributed by atoms with Crippen molar-refractivity contribution in [1.29, 1.82) is 0 Å². The van der Waals surface area contributed by atoms with E-state index in [0.717, 1.165) is 5.56 Å². The molecule has 150 valence electrons. The summed E-state index contributed by atoms with van der Waals surface area (Å²) in [5.41, 5.74) is 0.376. The van der Waals surface area contributed by atoms with E-state index in [1.54, 1.807) is 45.0 Å². The van der Waals surface area contributed by atoms with E-state index in [9.17, 15) is 13.2 Å². The summed E-state index contributed by atoms with van der Waals surface area (Å²) < 4.78 is 33.2. The topological polar surface area (TPSA) is 63.7 Å². The number of aryl methyl sites for hydroxylation is 1. The fourth-order valence-corrected chi connectivity index (χ4v) is 4.43. The summed E-state index contributed by atoms with van der Waals surface area (Å²) in [7, 11) is -3.85. The van der Waals surface area contributed by atoms with Gasteiger partial charge in [-0.25, -0.2) is 13.2 Å². The van der Waals surface area contributed by atoms with E-state index in [1.807, 2.05) is 20.8 Å². The van der Waals surface area contributed by atoms with Crippen LogP contribution in [-0.4, -0.2) is 36.9 Å². The summed E-state index contributed by atoms with van der Waals surface area (Å²) >= 11 is 0. The van der Waals surface area contributed by atoms with E-state index >= 15 is 0 Å². The Hall–Kier alpha value is -1.92. The zero-order chi connectivity index (χ0) is 21.0. The summed E-state index contributed by atoms with van der Waals surface area (Å²) in [6, 6.07) is 5.87. The molecule has 0 saturated heterocycles. The van der Waals surface area contributed by atoms with Crippen LogP contribution in [-0.2, 0) is 19.6 Å². The van der Waals surface area contributed by atoms with E-state index < -0.39 is 27.6 Å². The second-order valence-corrected chi connectivity index (χ2v) is 9.78. The van der Waals surface area contributed by atoms with Crippen LogP contribution in [0, 0.1) is 12.8 Å². The highest BCUT2D eigenvalue weighted by atomic mass is 32.2. The van der Waals surface area contributed by atoms with Crippen molar-refractivity contribution in [3.05, 3.63) is 54.6 Å². The average molecular weight is 394 g/mol. The number of ether oxygens (including phenoxy) is 1. The van der Waals surface area contributed by atoms with Crippen LogP contribution in [0.3, 0.4) is 0 Å². The maximum absolute atomic E-state index is 13.3. The SMILES string of the molecule is C=CCN([C@H](C(=C)C(=O)OC(C)(C)C)C(C)C)S(=O)(=O)c1ccc(C)cc1. The van der Waals surface area contributed by atoms with Gasteiger partial charge in [0.25, 0.3) is 0 Å². The van der Waals surface area contributed by atoms with Crippen molar-refractivity contribution in [2.75, 3.05) is 6.54 Å². The van der Waals surface area contributed by atoms with Crippen molar-refractivity contribution in [3.63, 3.8) is 0 Å². The molecule has 0 spiro atoms. The minimum absolute atomic E-state index is 0.0564. The highest BCUT2D eigenvalue weighted by Gasteiger charge is 2.37. The lowest BCUT2D eigenvalue weighted by molar-refractivity contribution is -0.150. The first kappa shape index (κ1) is 23.1. The molecule has 27 heavy (non-hydrogen) atoms. The zero-order valence-electron chi connectivity index (χ0n) is 17.2. The quantitative estimate of drug-likeness (QED) is 0.379.